The first-order chi connectivity index (χ1) is 23.3. The number of nitrogens with zero attached hydrogens (tertiary/aromatic N) is 2. The third-order valence-electron chi connectivity index (χ3n) is 8.96. The summed E-state index contributed by atoms with van der Waals surface area (Å²) in [6, 6.07) is 56.9. The fraction of sp³-hybridized carbons (Fsp3) is 0.0233. The smallest absolute Gasteiger partial charge is 0.170 e. The highest BCUT2D eigenvalue weighted by Crippen LogP contribution is 2.37. The summed E-state index contributed by atoms with van der Waals surface area (Å²) < 4.78 is 6.27. The molecule has 0 saturated carbocycles. The lowest BCUT2D eigenvalue weighted by atomic mass is 9.92. The van der Waals surface area contributed by atoms with E-state index in [1.165, 1.54) is 16.5 Å². The van der Waals surface area contributed by atoms with E-state index >= 15 is 0 Å². The van der Waals surface area contributed by atoms with E-state index in [9.17, 15) is 0 Å². The molecule has 1 unspecified atom stereocenters. The zero-order valence-corrected chi connectivity index (χ0v) is 25.5. The van der Waals surface area contributed by atoms with Crippen LogP contribution in [0.3, 0.4) is 0 Å². The summed E-state index contributed by atoms with van der Waals surface area (Å²) >= 11 is 0. The van der Waals surface area contributed by atoms with Crippen molar-refractivity contribution in [2.45, 2.75) is 6.17 Å². The molecule has 1 aliphatic heterocycles. The van der Waals surface area contributed by atoms with Crippen LogP contribution in [0.4, 0.5) is 0 Å². The number of aliphatic imine (C=N–C) groups is 2. The van der Waals surface area contributed by atoms with Gasteiger partial charge in [0.05, 0.1) is 0 Å². The van der Waals surface area contributed by atoms with E-state index in [2.05, 4.69) is 145 Å². The highest BCUT2D eigenvalue weighted by molar-refractivity contribution is 6.23. The second-order valence-corrected chi connectivity index (χ2v) is 11.8. The molecule has 47 heavy (non-hydrogen) atoms. The lowest BCUT2D eigenvalue weighted by Crippen LogP contribution is -2.36. The molecule has 8 aromatic rings. The van der Waals surface area contributed by atoms with Gasteiger partial charge in [-0.3, -0.25) is 0 Å². The lowest BCUT2D eigenvalue weighted by Gasteiger charge is -2.24. The Morgan fingerprint density at radius 3 is 1.91 bits per heavy atom. The first-order valence-electron chi connectivity index (χ1n) is 15.9. The normalized spacial score (nSPS) is 14.6. The number of amidine groups is 2. The van der Waals surface area contributed by atoms with E-state index in [0.717, 1.165) is 66.8 Å². The molecule has 0 saturated heterocycles. The van der Waals surface area contributed by atoms with Gasteiger partial charge in [-0.2, -0.15) is 0 Å². The Kier molecular flexibility index (Phi) is 6.50. The van der Waals surface area contributed by atoms with E-state index in [-0.39, 0.29) is 0 Å². The Morgan fingerprint density at radius 2 is 1.09 bits per heavy atom. The zero-order valence-electron chi connectivity index (χ0n) is 25.5. The molecular weight excluding hydrogens is 574 g/mol. The van der Waals surface area contributed by atoms with Gasteiger partial charge in [0.1, 0.15) is 22.8 Å². The minimum Gasteiger partial charge on any atom is -0.456 e. The van der Waals surface area contributed by atoms with Crippen molar-refractivity contribution in [2.24, 2.45) is 9.98 Å². The standard InChI is InChI=1S/C43H29N3O/c1-3-13-28(14-4-1)33-26-25-31(27-37(33)30-15-5-2-6-16-30)41-44-42(34-21-11-18-29-17-7-8-19-32(29)34)46-43(45-41)36-22-12-24-39-40(36)35-20-9-10-23-38(35)47-39/h1-27,42H,(H,44,45,46). The molecule has 1 aliphatic rings. The van der Waals surface area contributed by atoms with E-state index < -0.39 is 6.17 Å². The fourth-order valence-corrected chi connectivity index (χ4v) is 6.74. The number of hydrogen-bond acceptors (Lipinski definition) is 4. The van der Waals surface area contributed by atoms with Crippen LogP contribution in [0.2, 0.25) is 0 Å². The molecule has 4 nitrogen and oxygen atoms in total. The van der Waals surface area contributed by atoms with Gasteiger partial charge in [-0.1, -0.05) is 146 Å². The highest BCUT2D eigenvalue weighted by Gasteiger charge is 2.25. The van der Waals surface area contributed by atoms with Crippen molar-refractivity contribution < 1.29 is 4.42 Å². The first kappa shape index (κ1) is 27.1. The number of fused-ring (bicyclic) bond motifs is 4. The van der Waals surface area contributed by atoms with Gasteiger partial charge in [-0.15, -0.1) is 0 Å². The third kappa shape index (κ3) is 4.79. The van der Waals surface area contributed by atoms with Crippen LogP contribution in [-0.4, -0.2) is 11.7 Å². The molecule has 222 valence electrons. The Bertz CT molecular complexity index is 2490. The second kappa shape index (κ2) is 11.3. The SMILES string of the molecule is c1ccc(-c2ccc(C3=NC(c4cccc5ccccc45)N=C(c4cccc5oc6ccccc6c45)N3)cc2-c2ccccc2)cc1. The summed E-state index contributed by atoms with van der Waals surface area (Å²) in [4.78, 5) is 10.6. The number of rotatable bonds is 5. The van der Waals surface area contributed by atoms with Crippen molar-refractivity contribution in [3.63, 3.8) is 0 Å². The van der Waals surface area contributed by atoms with Gasteiger partial charge in [0.2, 0.25) is 0 Å². The predicted molar refractivity (Wildman–Crippen MR) is 194 cm³/mol. The lowest BCUT2D eigenvalue weighted by molar-refractivity contribution is 0.669. The van der Waals surface area contributed by atoms with Crippen molar-refractivity contribution in [3.8, 4) is 22.3 Å². The zero-order chi connectivity index (χ0) is 31.2. The van der Waals surface area contributed by atoms with Gasteiger partial charge in [0, 0.05) is 27.5 Å². The summed E-state index contributed by atoms with van der Waals surface area (Å²) in [7, 11) is 0. The molecule has 0 bridgehead atoms. The summed E-state index contributed by atoms with van der Waals surface area (Å²) in [5.74, 6) is 1.54. The van der Waals surface area contributed by atoms with Crippen LogP contribution in [0.15, 0.2) is 178 Å². The molecular formula is C43H29N3O. The summed E-state index contributed by atoms with van der Waals surface area (Å²) in [5.41, 5.74) is 9.36. The van der Waals surface area contributed by atoms with E-state index in [0.29, 0.717) is 0 Å². The molecule has 0 fully saturated rings. The number of para-hydroxylation sites is 1. The number of furan rings is 1. The molecule has 4 heteroatoms. The predicted octanol–water partition coefficient (Wildman–Crippen LogP) is 10.6. The second-order valence-electron chi connectivity index (χ2n) is 11.8. The number of hydrogen-bond donors (Lipinski definition) is 1. The maximum Gasteiger partial charge on any atom is 0.170 e. The van der Waals surface area contributed by atoms with Crippen LogP contribution in [0, 0.1) is 0 Å². The topological polar surface area (TPSA) is 49.9 Å². The molecule has 0 amide bonds. The summed E-state index contributed by atoms with van der Waals surface area (Å²) in [6.07, 6.45) is -0.449. The van der Waals surface area contributed by atoms with Crippen LogP contribution in [-0.2, 0) is 0 Å². The van der Waals surface area contributed by atoms with Gasteiger partial charge < -0.3 is 9.73 Å². The minimum absolute atomic E-state index is 0.449. The number of nitrogens with one attached hydrogen (secondary N) is 1. The maximum atomic E-state index is 6.27. The molecule has 7 aromatic carbocycles. The summed E-state index contributed by atoms with van der Waals surface area (Å²) in [5, 5.41) is 8.09. The van der Waals surface area contributed by atoms with E-state index in [1.807, 2.05) is 24.3 Å². The molecule has 1 N–H and O–H groups in total. The average Bonchev–Trinajstić information content (AvgIpc) is 3.54. The molecule has 0 aliphatic carbocycles. The van der Waals surface area contributed by atoms with Crippen LogP contribution >= 0.6 is 0 Å². The van der Waals surface area contributed by atoms with Gasteiger partial charge in [-0.25, -0.2) is 9.98 Å². The molecule has 0 spiro atoms. The Morgan fingerprint density at radius 1 is 0.447 bits per heavy atom. The van der Waals surface area contributed by atoms with Crippen molar-refractivity contribution >= 4 is 44.4 Å². The van der Waals surface area contributed by atoms with Gasteiger partial charge in [0.25, 0.3) is 0 Å². The largest absolute Gasteiger partial charge is 0.456 e. The van der Waals surface area contributed by atoms with Crippen LogP contribution in [0.1, 0.15) is 22.9 Å². The average molecular weight is 604 g/mol. The molecule has 1 aromatic heterocycles. The van der Waals surface area contributed by atoms with Crippen molar-refractivity contribution in [3.05, 3.63) is 180 Å². The molecule has 2 heterocycles. The van der Waals surface area contributed by atoms with Crippen molar-refractivity contribution in [1.29, 1.82) is 0 Å². The monoisotopic (exact) mass is 603 g/mol. The molecule has 1 atom stereocenters. The number of benzene rings is 7. The van der Waals surface area contributed by atoms with Gasteiger partial charge in [-0.05, 0) is 51.2 Å². The van der Waals surface area contributed by atoms with Crippen LogP contribution in [0.25, 0.3) is 55.0 Å². The van der Waals surface area contributed by atoms with Crippen LogP contribution in [0.5, 0.6) is 0 Å². The van der Waals surface area contributed by atoms with Gasteiger partial charge in [0.15, 0.2) is 6.17 Å². The Balaban J connectivity index is 1.25. The van der Waals surface area contributed by atoms with E-state index in [4.69, 9.17) is 14.4 Å². The molecule has 0 radical (unpaired) electrons. The summed E-state index contributed by atoms with van der Waals surface area (Å²) in [6.45, 7) is 0. The van der Waals surface area contributed by atoms with Crippen molar-refractivity contribution in [1.82, 2.24) is 5.32 Å². The quantitative estimate of drug-likeness (QED) is 0.213. The van der Waals surface area contributed by atoms with Crippen LogP contribution < -0.4 is 5.32 Å². The van der Waals surface area contributed by atoms with Gasteiger partial charge >= 0.3 is 0 Å². The Hall–Kier alpha value is -6.26. The first-order valence-corrected chi connectivity index (χ1v) is 15.9. The van der Waals surface area contributed by atoms with Crippen molar-refractivity contribution in [2.75, 3.05) is 0 Å². The molecule has 9 rings (SSSR count). The highest BCUT2D eigenvalue weighted by atomic mass is 16.3. The third-order valence-corrected chi connectivity index (χ3v) is 8.96. The maximum absolute atomic E-state index is 6.27. The Labute approximate surface area is 272 Å². The van der Waals surface area contributed by atoms with E-state index in [1.54, 1.807) is 0 Å². The minimum atomic E-state index is -0.449. The fourth-order valence-electron chi connectivity index (χ4n) is 6.74.